The maximum absolute atomic E-state index is 12.3. The number of rotatable bonds is 6. The Balaban J connectivity index is 0.00000288. The van der Waals surface area contributed by atoms with Crippen molar-refractivity contribution in [3.63, 3.8) is 0 Å². The first-order valence-electron chi connectivity index (χ1n) is 7.97. The Bertz CT molecular complexity index is 580. The largest absolute Gasteiger partial charge is 0.495 e. The number of anilines is 1. The molecule has 1 aliphatic carbocycles. The van der Waals surface area contributed by atoms with Gasteiger partial charge in [0.15, 0.2) is 0 Å². The highest BCUT2D eigenvalue weighted by Gasteiger charge is 2.31. The maximum atomic E-state index is 12.3. The number of carbonyl (C=O) groups excluding carboxylic acids is 2. The summed E-state index contributed by atoms with van der Waals surface area (Å²) in [7, 11) is 1.55. The van der Waals surface area contributed by atoms with Gasteiger partial charge in [0.25, 0.3) is 0 Å². The SMILES string of the molecule is COc1ccc(CNC(=O)[C@@H]2CCC[C@@H]2CN)cc1NC(C)=O.Cl. The molecule has 1 aromatic rings. The first kappa shape index (κ1) is 20.3. The van der Waals surface area contributed by atoms with Crippen LogP contribution in [-0.2, 0) is 16.1 Å². The van der Waals surface area contributed by atoms with Gasteiger partial charge in [0.2, 0.25) is 11.8 Å². The molecule has 1 fully saturated rings. The van der Waals surface area contributed by atoms with Crippen molar-refractivity contribution in [3.05, 3.63) is 23.8 Å². The number of hydrogen-bond donors (Lipinski definition) is 3. The lowest BCUT2D eigenvalue weighted by Gasteiger charge is -2.18. The van der Waals surface area contributed by atoms with E-state index >= 15 is 0 Å². The quantitative estimate of drug-likeness (QED) is 0.728. The van der Waals surface area contributed by atoms with Crippen LogP contribution in [-0.4, -0.2) is 25.5 Å². The molecule has 0 bridgehead atoms. The zero-order valence-corrected chi connectivity index (χ0v) is 14.9. The molecule has 0 aliphatic heterocycles. The van der Waals surface area contributed by atoms with Gasteiger partial charge in [-0.05, 0) is 43.0 Å². The summed E-state index contributed by atoms with van der Waals surface area (Å²) in [5.41, 5.74) is 7.25. The Kier molecular flexibility index (Phi) is 8.01. The van der Waals surface area contributed by atoms with Gasteiger partial charge < -0.3 is 21.1 Å². The molecule has 7 heteroatoms. The third-order valence-corrected chi connectivity index (χ3v) is 4.34. The average Bonchev–Trinajstić information content (AvgIpc) is 3.01. The van der Waals surface area contributed by atoms with E-state index in [-0.39, 0.29) is 30.1 Å². The van der Waals surface area contributed by atoms with Crippen molar-refractivity contribution < 1.29 is 14.3 Å². The highest BCUT2D eigenvalue weighted by Crippen LogP contribution is 2.31. The van der Waals surface area contributed by atoms with E-state index in [0.29, 0.717) is 30.4 Å². The zero-order valence-electron chi connectivity index (χ0n) is 14.1. The van der Waals surface area contributed by atoms with Crippen molar-refractivity contribution in [2.75, 3.05) is 19.0 Å². The van der Waals surface area contributed by atoms with E-state index in [4.69, 9.17) is 10.5 Å². The second-order valence-electron chi connectivity index (χ2n) is 5.97. The third kappa shape index (κ3) is 5.11. The minimum atomic E-state index is -0.166. The predicted molar refractivity (Wildman–Crippen MR) is 96.3 cm³/mol. The molecule has 134 valence electrons. The van der Waals surface area contributed by atoms with Crippen molar-refractivity contribution in [1.82, 2.24) is 5.32 Å². The van der Waals surface area contributed by atoms with Crippen molar-refractivity contribution in [1.29, 1.82) is 0 Å². The second-order valence-corrected chi connectivity index (χ2v) is 5.97. The lowest BCUT2D eigenvalue weighted by molar-refractivity contribution is -0.126. The molecule has 0 heterocycles. The molecule has 0 saturated heterocycles. The van der Waals surface area contributed by atoms with Crippen LogP contribution in [0.5, 0.6) is 5.75 Å². The van der Waals surface area contributed by atoms with Crippen LogP contribution in [0.4, 0.5) is 5.69 Å². The average molecular weight is 356 g/mol. The fraction of sp³-hybridized carbons (Fsp3) is 0.529. The molecule has 2 amide bonds. The highest BCUT2D eigenvalue weighted by molar-refractivity contribution is 5.90. The minimum absolute atomic E-state index is 0. The molecule has 1 aromatic carbocycles. The van der Waals surface area contributed by atoms with Crippen molar-refractivity contribution in [2.24, 2.45) is 17.6 Å². The smallest absolute Gasteiger partial charge is 0.223 e. The van der Waals surface area contributed by atoms with Crippen molar-refractivity contribution in [2.45, 2.75) is 32.7 Å². The molecular formula is C17H26ClN3O3. The van der Waals surface area contributed by atoms with Gasteiger partial charge in [0.05, 0.1) is 12.8 Å². The van der Waals surface area contributed by atoms with Gasteiger partial charge in [-0.3, -0.25) is 9.59 Å². The number of carbonyl (C=O) groups is 2. The fourth-order valence-electron chi connectivity index (χ4n) is 3.14. The first-order valence-corrected chi connectivity index (χ1v) is 7.97. The molecule has 1 aliphatic rings. The van der Waals surface area contributed by atoms with E-state index in [2.05, 4.69) is 10.6 Å². The van der Waals surface area contributed by atoms with Gasteiger partial charge in [-0.2, -0.15) is 0 Å². The number of halogens is 1. The van der Waals surface area contributed by atoms with E-state index in [9.17, 15) is 9.59 Å². The van der Waals surface area contributed by atoms with Crippen LogP contribution in [0.3, 0.4) is 0 Å². The summed E-state index contributed by atoms with van der Waals surface area (Å²) in [6, 6.07) is 5.47. The highest BCUT2D eigenvalue weighted by atomic mass is 35.5. The van der Waals surface area contributed by atoms with Crippen LogP contribution in [0.2, 0.25) is 0 Å². The number of methoxy groups -OCH3 is 1. The standard InChI is InChI=1S/C17H25N3O3.ClH/c1-11(21)20-15-8-12(6-7-16(15)23-2)10-19-17(22)14-5-3-4-13(14)9-18;/h6-8,13-14H,3-5,9-10,18H2,1-2H3,(H,19,22)(H,20,21);1H/t13-,14-;/m1./s1. The molecule has 1 saturated carbocycles. The lowest BCUT2D eigenvalue weighted by atomic mass is 9.95. The molecule has 0 aromatic heterocycles. The normalized spacial score (nSPS) is 19.3. The van der Waals surface area contributed by atoms with Crippen LogP contribution in [0, 0.1) is 11.8 Å². The molecule has 0 unspecified atom stereocenters. The van der Waals surface area contributed by atoms with Crippen LogP contribution < -0.4 is 21.1 Å². The minimum Gasteiger partial charge on any atom is -0.495 e. The summed E-state index contributed by atoms with van der Waals surface area (Å²) in [6.45, 7) is 2.43. The van der Waals surface area contributed by atoms with Gasteiger partial charge in [0.1, 0.15) is 5.75 Å². The Hall–Kier alpha value is -1.79. The molecule has 6 nitrogen and oxygen atoms in total. The molecule has 2 rings (SSSR count). The Morgan fingerprint density at radius 2 is 2.08 bits per heavy atom. The van der Waals surface area contributed by atoms with Gasteiger partial charge in [-0.1, -0.05) is 12.5 Å². The number of amides is 2. The Labute approximate surface area is 148 Å². The molecule has 24 heavy (non-hydrogen) atoms. The van der Waals surface area contributed by atoms with Crippen LogP contribution >= 0.6 is 12.4 Å². The first-order chi connectivity index (χ1) is 11.0. The predicted octanol–water partition coefficient (Wildman–Crippen LogP) is 2.07. The van der Waals surface area contributed by atoms with E-state index < -0.39 is 0 Å². The van der Waals surface area contributed by atoms with Crippen molar-refractivity contribution in [3.8, 4) is 5.75 Å². The maximum Gasteiger partial charge on any atom is 0.223 e. The van der Waals surface area contributed by atoms with Crippen LogP contribution in [0.25, 0.3) is 0 Å². The Morgan fingerprint density at radius 3 is 2.71 bits per heavy atom. The monoisotopic (exact) mass is 355 g/mol. The van der Waals surface area contributed by atoms with E-state index in [1.807, 2.05) is 12.1 Å². The summed E-state index contributed by atoms with van der Waals surface area (Å²) in [4.78, 5) is 23.6. The molecular weight excluding hydrogens is 330 g/mol. The molecule has 0 radical (unpaired) electrons. The molecule has 4 N–H and O–H groups in total. The molecule has 0 spiro atoms. The summed E-state index contributed by atoms with van der Waals surface area (Å²) in [6.07, 6.45) is 3.01. The van der Waals surface area contributed by atoms with Gasteiger partial charge in [-0.25, -0.2) is 0 Å². The summed E-state index contributed by atoms with van der Waals surface area (Å²) >= 11 is 0. The van der Waals surface area contributed by atoms with E-state index in [0.717, 1.165) is 24.8 Å². The summed E-state index contributed by atoms with van der Waals surface area (Å²) < 4.78 is 5.22. The van der Waals surface area contributed by atoms with Gasteiger partial charge in [-0.15, -0.1) is 12.4 Å². The van der Waals surface area contributed by atoms with E-state index in [1.54, 1.807) is 13.2 Å². The van der Waals surface area contributed by atoms with E-state index in [1.165, 1.54) is 6.92 Å². The van der Waals surface area contributed by atoms with Crippen LogP contribution in [0.1, 0.15) is 31.7 Å². The molecule has 2 atom stereocenters. The van der Waals surface area contributed by atoms with Crippen molar-refractivity contribution >= 4 is 29.9 Å². The number of ether oxygens (including phenoxy) is 1. The summed E-state index contributed by atoms with van der Waals surface area (Å²) in [5.74, 6) is 0.805. The van der Waals surface area contributed by atoms with Gasteiger partial charge >= 0.3 is 0 Å². The second kappa shape index (κ2) is 9.49. The number of benzene rings is 1. The zero-order chi connectivity index (χ0) is 16.8. The number of nitrogens with one attached hydrogen (secondary N) is 2. The third-order valence-electron chi connectivity index (χ3n) is 4.34. The summed E-state index contributed by atoms with van der Waals surface area (Å²) in [5, 5.41) is 5.71. The lowest BCUT2D eigenvalue weighted by Crippen LogP contribution is -2.34. The topological polar surface area (TPSA) is 93.4 Å². The number of nitrogens with two attached hydrogens (primary N) is 1. The fourth-order valence-corrected chi connectivity index (χ4v) is 3.14. The van der Waals surface area contributed by atoms with Crippen LogP contribution in [0.15, 0.2) is 18.2 Å². The van der Waals surface area contributed by atoms with Gasteiger partial charge in [0, 0.05) is 19.4 Å². The Morgan fingerprint density at radius 1 is 1.33 bits per heavy atom. The number of hydrogen-bond acceptors (Lipinski definition) is 4.